The standard InChI is InChI=1S/C26H22ClN3O5/c1-35-22-11-6-16(15-30-25(33)19-4-2-3-5-20(19)26(30)34)14-21(22)24(32)29-13-12-28-23(31)17-7-9-18(27)10-8-17/h2-11,14H,12-13,15H2,1H3,(H,28,31)(H,29,32). The molecule has 0 aromatic heterocycles. The summed E-state index contributed by atoms with van der Waals surface area (Å²) in [4.78, 5) is 51.5. The Morgan fingerprint density at radius 3 is 2.06 bits per heavy atom. The highest BCUT2D eigenvalue weighted by molar-refractivity contribution is 6.30. The lowest BCUT2D eigenvalue weighted by Crippen LogP contribution is -2.35. The van der Waals surface area contributed by atoms with E-state index in [2.05, 4.69) is 10.6 Å². The van der Waals surface area contributed by atoms with Gasteiger partial charge in [-0.3, -0.25) is 24.1 Å². The molecule has 1 heterocycles. The second kappa shape index (κ2) is 10.4. The molecule has 4 amide bonds. The molecule has 1 aliphatic heterocycles. The molecule has 3 aromatic carbocycles. The second-order valence-electron chi connectivity index (χ2n) is 7.80. The number of fused-ring (bicyclic) bond motifs is 1. The summed E-state index contributed by atoms with van der Waals surface area (Å²) in [7, 11) is 1.45. The van der Waals surface area contributed by atoms with E-state index in [1.54, 1.807) is 66.7 Å². The van der Waals surface area contributed by atoms with Gasteiger partial charge in [-0.15, -0.1) is 0 Å². The molecule has 0 aliphatic carbocycles. The highest BCUT2D eigenvalue weighted by atomic mass is 35.5. The lowest BCUT2D eigenvalue weighted by atomic mass is 10.1. The molecule has 3 aromatic rings. The molecule has 0 unspecified atom stereocenters. The molecular formula is C26H22ClN3O5. The van der Waals surface area contributed by atoms with Crippen LogP contribution >= 0.6 is 11.6 Å². The van der Waals surface area contributed by atoms with Gasteiger partial charge in [0.05, 0.1) is 30.3 Å². The Balaban J connectivity index is 1.38. The first-order valence-corrected chi connectivity index (χ1v) is 11.2. The fourth-order valence-corrected chi connectivity index (χ4v) is 3.87. The minimum absolute atomic E-state index is 0.0216. The predicted octanol–water partition coefficient (Wildman–Crippen LogP) is 3.30. The Morgan fingerprint density at radius 1 is 0.857 bits per heavy atom. The number of imide groups is 1. The van der Waals surface area contributed by atoms with Crippen LogP contribution in [0.2, 0.25) is 5.02 Å². The average Bonchev–Trinajstić information content (AvgIpc) is 3.11. The molecule has 35 heavy (non-hydrogen) atoms. The summed E-state index contributed by atoms with van der Waals surface area (Å²) in [6.07, 6.45) is 0. The predicted molar refractivity (Wildman–Crippen MR) is 130 cm³/mol. The maximum absolute atomic E-state index is 12.8. The number of hydrogen-bond donors (Lipinski definition) is 2. The summed E-state index contributed by atoms with van der Waals surface area (Å²) in [5.74, 6) is -1.09. The van der Waals surface area contributed by atoms with Crippen LogP contribution in [0.4, 0.5) is 0 Å². The van der Waals surface area contributed by atoms with Crippen molar-refractivity contribution < 1.29 is 23.9 Å². The summed E-state index contributed by atoms with van der Waals surface area (Å²) in [5, 5.41) is 6.00. The van der Waals surface area contributed by atoms with Crippen LogP contribution in [-0.2, 0) is 6.54 Å². The van der Waals surface area contributed by atoms with E-state index in [-0.39, 0.29) is 42.9 Å². The van der Waals surface area contributed by atoms with Gasteiger partial charge in [-0.1, -0.05) is 29.8 Å². The van der Waals surface area contributed by atoms with E-state index in [4.69, 9.17) is 16.3 Å². The van der Waals surface area contributed by atoms with E-state index in [0.29, 0.717) is 33.0 Å². The molecule has 2 N–H and O–H groups in total. The van der Waals surface area contributed by atoms with Crippen LogP contribution < -0.4 is 15.4 Å². The largest absolute Gasteiger partial charge is 0.496 e. The fraction of sp³-hybridized carbons (Fsp3) is 0.154. The molecule has 8 nitrogen and oxygen atoms in total. The number of ether oxygens (including phenoxy) is 1. The van der Waals surface area contributed by atoms with Gasteiger partial charge in [-0.2, -0.15) is 0 Å². The minimum atomic E-state index is -0.410. The molecule has 178 valence electrons. The van der Waals surface area contributed by atoms with Crippen molar-refractivity contribution >= 4 is 35.2 Å². The first-order chi connectivity index (χ1) is 16.9. The number of hydrogen-bond acceptors (Lipinski definition) is 5. The highest BCUT2D eigenvalue weighted by Gasteiger charge is 2.35. The first kappa shape index (κ1) is 24.0. The van der Waals surface area contributed by atoms with Crippen molar-refractivity contribution in [1.82, 2.24) is 15.5 Å². The average molecular weight is 492 g/mol. The van der Waals surface area contributed by atoms with Gasteiger partial charge in [0.15, 0.2) is 0 Å². The number of methoxy groups -OCH3 is 1. The molecule has 0 saturated carbocycles. The topological polar surface area (TPSA) is 105 Å². The SMILES string of the molecule is COc1ccc(CN2C(=O)c3ccccc3C2=O)cc1C(=O)NCCNC(=O)c1ccc(Cl)cc1. The molecule has 0 atom stereocenters. The van der Waals surface area contributed by atoms with E-state index < -0.39 is 5.91 Å². The zero-order chi connectivity index (χ0) is 24.9. The monoisotopic (exact) mass is 491 g/mol. The van der Waals surface area contributed by atoms with Crippen molar-refractivity contribution in [3.8, 4) is 5.75 Å². The Morgan fingerprint density at radius 2 is 1.46 bits per heavy atom. The van der Waals surface area contributed by atoms with E-state index in [1.165, 1.54) is 7.11 Å². The number of carbonyl (C=O) groups is 4. The Bertz CT molecular complexity index is 1270. The Kier molecular flexibility index (Phi) is 7.12. The molecule has 9 heteroatoms. The van der Waals surface area contributed by atoms with Crippen LogP contribution in [-0.4, -0.2) is 48.7 Å². The van der Waals surface area contributed by atoms with Crippen molar-refractivity contribution in [3.63, 3.8) is 0 Å². The maximum atomic E-state index is 12.8. The summed E-state index contributed by atoms with van der Waals surface area (Å²) in [6, 6.07) is 18.0. The number of amides is 4. The number of rotatable bonds is 8. The van der Waals surface area contributed by atoms with Gasteiger partial charge in [0.25, 0.3) is 23.6 Å². The maximum Gasteiger partial charge on any atom is 0.261 e. The summed E-state index contributed by atoms with van der Waals surface area (Å²) < 4.78 is 5.31. The van der Waals surface area contributed by atoms with Crippen LogP contribution in [0.5, 0.6) is 5.75 Å². The van der Waals surface area contributed by atoms with Gasteiger partial charge in [-0.05, 0) is 54.1 Å². The van der Waals surface area contributed by atoms with Gasteiger partial charge in [0.1, 0.15) is 5.75 Å². The highest BCUT2D eigenvalue weighted by Crippen LogP contribution is 2.26. The van der Waals surface area contributed by atoms with Crippen LogP contribution in [0, 0.1) is 0 Å². The van der Waals surface area contributed by atoms with Gasteiger partial charge in [-0.25, -0.2) is 0 Å². The van der Waals surface area contributed by atoms with Crippen molar-refractivity contribution in [1.29, 1.82) is 0 Å². The van der Waals surface area contributed by atoms with E-state index in [1.807, 2.05) is 0 Å². The number of nitrogens with zero attached hydrogens (tertiary/aromatic N) is 1. The van der Waals surface area contributed by atoms with Crippen LogP contribution in [0.15, 0.2) is 66.7 Å². The molecule has 0 bridgehead atoms. The van der Waals surface area contributed by atoms with Crippen molar-refractivity contribution in [2.45, 2.75) is 6.54 Å². The normalized spacial score (nSPS) is 12.3. The third kappa shape index (κ3) is 5.17. The van der Waals surface area contributed by atoms with Gasteiger partial charge in [0.2, 0.25) is 0 Å². The number of carbonyl (C=O) groups excluding carboxylic acids is 4. The smallest absolute Gasteiger partial charge is 0.261 e. The van der Waals surface area contributed by atoms with Crippen molar-refractivity contribution in [2.24, 2.45) is 0 Å². The summed E-state index contributed by atoms with van der Waals surface area (Å²) in [5.41, 5.74) is 2.05. The quantitative estimate of drug-likeness (QED) is 0.371. The van der Waals surface area contributed by atoms with E-state index in [9.17, 15) is 19.2 Å². The zero-order valence-corrected chi connectivity index (χ0v) is 19.6. The summed E-state index contributed by atoms with van der Waals surface area (Å²) in [6.45, 7) is 0.419. The molecule has 4 rings (SSSR count). The van der Waals surface area contributed by atoms with Crippen LogP contribution in [0.25, 0.3) is 0 Å². The zero-order valence-electron chi connectivity index (χ0n) is 18.8. The van der Waals surface area contributed by atoms with Crippen LogP contribution in [0.3, 0.4) is 0 Å². The molecular weight excluding hydrogens is 470 g/mol. The molecule has 0 radical (unpaired) electrons. The van der Waals surface area contributed by atoms with Crippen LogP contribution in [0.1, 0.15) is 47.0 Å². The molecule has 0 fully saturated rings. The second-order valence-corrected chi connectivity index (χ2v) is 8.23. The Hall–Kier alpha value is -4.17. The lowest BCUT2D eigenvalue weighted by molar-refractivity contribution is 0.0642. The Labute approximate surface area is 206 Å². The third-order valence-corrected chi connectivity index (χ3v) is 5.78. The first-order valence-electron chi connectivity index (χ1n) is 10.8. The van der Waals surface area contributed by atoms with E-state index >= 15 is 0 Å². The number of benzene rings is 3. The van der Waals surface area contributed by atoms with E-state index in [0.717, 1.165) is 4.90 Å². The minimum Gasteiger partial charge on any atom is -0.496 e. The van der Waals surface area contributed by atoms with Gasteiger partial charge in [0, 0.05) is 23.7 Å². The third-order valence-electron chi connectivity index (χ3n) is 5.53. The number of halogens is 1. The lowest BCUT2D eigenvalue weighted by Gasteiger charge is -2.16. The van der Waals surface area contributed by atoms with Gasteiger partial charge < -0.3 is 15.4 Å². The van der Waals surface area contributed by atoms with Crippen molar-refractivity contribution in [3.05, 3.63) is 99.6 Å². The molecule has 1 aliphatic rings. The molecule has 0 saturated heterocycles. The van der Waals surface area contributed by atoms with Crippen molar-refractivity contribution in [2.75, 3.05) is 20.2 Å². The fourth-order valence-electron chi connectivity index (χ4n) is 3.75. The summed E-state index contributed by atoms with van der Waals surface area (Å²) >= 11 is 5.83. The number of nitrogens with one attached hydrogen (secondary N) is 2. The molecule has 0 spiro atoms. The van der Waals surface area contributed by atoms with Gasteiger partial charge >= 0.3 is 0 Å².